The van der Waals surface area contributed by atoms with E-state index in [0.29, 0.717) is 45.1 Å². The second kappa shape index (κ2) is 9.44. The molecule has 0 aliphatic carbocycles. The Morgan fingerprint density at radius 1 is 1.00 bits per heavy atom. The zero-order valence-corrected chi connectivity index (χ0v) is 20.7. The second-order valence-corrected chi connectivity index (χ2v) is 10.6. The number of alkyl halides is 3. The summed E-state index contributed by atoms with van der Waals surface area (Å²) < 4.78 is 66.7. The molecule has 2 aromatic carbocycles. The first-order valence-electron chi connectivity index (χ1n) is 10.9. The molecule has 0 saturated carbocycles. The molecule has 9 nitrogen and oxygen atoms in total. The number of nitrogens with one attached hydrogen (secondary N) is 3. The summed E-state index contributed by atoms with van der Waals surface area (Å²) in [5, 5.41) is 12.3. The summed E-state index contributed by atoms with van der Waals surface area (Å²) in [6.45, 7) is 1.90. The lowest BCUT2D eigenvalue weighted by molar-refractivity contribution is -0.137. The Morgan fingerprint density at radius 3 is 2.38 bits per heavy atom. The minimum Gasteiger partial charge on any atom is -0.345 e. The quantitative estimate of drug-likeness (QED) is 0.243. The zero-order chi connectivity index (χ0) is 26.2. The predicted octanol–water partition coefficient (Wildman–Crippen LogP) is 5.60. The molecule has 0 radical (unpaired) electrons. The summed E-state index contributed by atoms with van der Waals surface area (Å²) in [5.41, 5.74) is 1.44. The first kappa shape index (κ1) is 24.6. The van der Waals surface area contributed by atoms with E-state index in [9.17, 15) is 21.6 Å². The van der Waals surface area contributed by atoms with Gasteiger partial charge in [-0.3, -0.25) is 4.72 Å². The topological polar surface area (TPSA) is 126 Å². The number of aromatic nitrogens is 5. The molecule has 5 rings (SSSR count). The Hall–Kier alpha value is -4.04. The average Bonchev–Trinajstić information content (AvgIpc) is 3.51. The van der Waals surface area contributed by atoms with Crippen LogP contribution < -0.4 is 10.0 Å². The molecule has 0 unspecified atom stereocenters. The molecular weight excluding hydrogens is 527 g/mol. The highest BCUT2D eigenvalue weighted by molar-refractivity contribution is 7.93. The number of benzene rings is 2. The molecule has 0 saturated heterocycles. The van der Waals surface area contributed by atoms with Gasteiger partial charge in [0.2, 0.25) is 5.13 Å². The lowest BCUT2D eigenvalue weighted by Gasteiger charge is -2.10. The number of aryl methyl sites for hydroxylation is 1. The van der Waals surface area contributed by atoms with Gasteiger partial charge < -0.3 is 10.3 Å². The summed E-state index contributed by atoms with van der Waals surface area (Å²) in [4.78, 5) is 11.5. The van der Waals surface area contributed by atoms with Crippen LogP contribution >= 0.6 is 11.3 Å². The van der Waals surface area contributed by atoms with Crippen molar-refractivity contribution in [3.8, 4) is 11.1 Å². The number of H-pyrrole nitrogens is 1. The number of aromatic amines is 1. The number of hydrogen-bond acceptors (Lipinski definition) is 8. The lowest BCUT2D eigenvalue weighted by atomic mass is 10.0. The molecule has 0 fully saturated rings. The van der Waals surface area contributed by atoms with Crippen LogP contribution in [0.5, 0.6) is 0 Å². The molecule has 14 heteroatoms. The van der Waals surface area contributed by atoms with Crippen LogP contribution in [0.1, 0.15) is 17.5 Å². The van der Waals surface area contributed by atoms with Gasteiger partial charge in [0.25, 0.3) is 10.0 Å². The van der Waals surface area contributed by atoms with Gasteiger partial charge in [0, 0.05) is 17.4 Å². The van der Waals surface area contributed by atoms with Gasteiger partial charge in [0.1, 0.15) is 22.8 Å². The van der Waals surface area contributed by atoms with Crippen molar-refractivity contribution in [1.29, 1.82) is 0 Å². The number of nitrogens with zero attached hydrogens (tertiary/aromatic N) is 4. The van der Waals surface area contributed by atoms with Crippen molar-refractivity contribution in [1.82, 2.24) is 25.1 Å². The minimum absolute atomic E-state index is 0.0335. The van der Waals surface area contributed by atoms with Gasteiger partial charge >= 0.3 is 6.18 Å². The molecule has 3 N–H and O–H groups in total. The standard InChI is InChI=1S/C23H18F3N7O2S2/c1-2-18-31-32-22(36-18)33-37(34,35)16-9-7-15(8-10-16)30-21-19-17(11-27-20(19)28-12-29-21)13-3-5-14(6-4-13)23(24,25)26/h3-12H,2H2,1H3,(H,32,33)(H2,27,28,29,30). The van der Waals surface area contributed by atoms with Crippen molar-refractivity contribution in [3.05, 3.63) is 71.6 Å². The molecular formula is C23H18F3N7O2S2. The number of sulfonamides is 1. The van der Waals surface area contributed by atoms with Crippen molar-refractivity contribution < 1.29 is 21.6 Å². The van der Waals surface area contributed by atoms with Crippen LogP contribution in [0.3, 0.4) is 0 Å². The maximum atomic E-state index is 13.0. The summed E-state index contributed by atoms with van der Waals surface area (Å²) in [6, 6.07) is 10.8. The van der Waals surface area contributed by atoms with Crippen molar-refractivity contribution >= 4 is 49.0 Å². The summed E-state index contributed by atoms with van der Waals surface area (Å²) in [6.07, 6.45) is -0.796. The predicted molar refractivity (Wildman–Crippen MR) is 134 cm³/mol. The van der Waals surface area contributed by atoms with E-state index >= 15 is 0 Å². The number of hydrogen-bond donors (Lipinski definition) is 3. The van der Waals surface area contributed by atoms with Crippen molar-refractivity contribution in [3.63, 3.8) is 0 Å². The van der Waals surface area contributed by atoms with E-state index in [1.54, 1.807) is 18.3 Å². The number of anilines is 3. The highest BCUT2D eigenvalue weighted by Crippen LogP contribution is 2.35. The molecule has 0 spiro atoms. The Bertz CT molecular complexity index is 1660. The molecule has 0 aliphatic heterocycles. The van der Waals surface area contributed by atoms with Crippen molar-refractivity contribution in [2.75, 3.05) is 10.0 Å². The Balaban J connectivity index is 1.41. The number of fused-ring (bicyclic) bond motifs is 1. The fourth-order valence-corrected chi connectivity index (χ4v) is 5.50. The molecule has 0 amide bonds. The molecule has 0 aliphatic rings. The maximum Gasteiger partial charge on any atom is 0.416 e. The third-order valence-corrected chi connectivity index (χ3v) is 7.88. The van der Waals surface area contributed by atoms with Crippen molar-refractivity contribution in [2.24, 2.45) is 0 Å². The molecule has 37 heavy (non-hydrogen) atoms. The van der Waals surface area contributed by atoms with Crippen molar-refractivity contribution in [2.45, 2.75) is 24.4 Å². The van der Waals surface area contributed by atoms with Crippen LogP contribution in [0.2, 0.25) is 0 Å². The first-order chi connectivity index (χ1) is 17.6. The lowest BCUT2D eigenvalue weighted by Crippen LogP contribution is -2.12. The van der Waals surface area contributed by atoms with Crippen LogP contribution in [0.25, 0.3) is 22.2 Å². The second-order valence-electron chi connectivity index (χ2n) is 7.83. The highest BCUT2D eigenvalue weighted by Gasteiger charge is 2.30. The highest BCUT2D eigenvalue weighted by atomic mass is 32.2. The van der Waals surface area contributed by atoms with Gasteiger partial charge in [-0.2, -0.15) is 13.2 Å². The summed E-state index contributed by atoms with van der Waals surface area (Å²) >= 11 is 1.16. The van der Waals surface area contributed by atoms with Crippen LogP contribution in [0, 0.1) is 0 Å². The number of rotatable bonds is 7. The third-order valence-electron chi connectivity index (χ3n) is 5.41. The zero-order valence-electron chi connectivity index (χ0n) is 19.0. The summed E-state index contributed by atoms with van der Waals surface area (Å²) in [5.74, 6) is 0.399. The van der Waals surface area contributed by atoms with Gasteiger partial charge in [0.15, 0.2) is 0 Å². The van der Waals surface area contributed by atoms with Gasteiger partial charge in [0.05, 0.1) is 15.8 Å². The third kappa shape index (κ3) is 5.11. The molecule has 190 valence electrons. The molecule has 0 bridgehead atoms. The maximum absolute atomic E-state index is 13.0. The fourth-order valence-electron chi connectivity index (χ4n) is 3.59. The molecule has 5 aromatic rings. The largest absolute Gasteiger partial charge is 0.416 e. The van der Waals surface area contributed by atoms with E-state index in [4.69, 9.17) is 0 Å². The van der Waals surface area contributed by atoms with Gasteiger partial charge in [-0.25, -0.2) is 18.4 Å². The molecule has 0 atom stereocenters. The normalized spacial score (nSPS) is 12.1. The van der Waals surface area contributed by atoms with Gasteiger partial charge in [-0.15, -0.1) is 10.2 Å². The molecule has 3 aromatic heterocycles. The van der Waals surface area contributed by atoms with E-state index in [1.807, 2.05) is 6.92 Å². The van der Waals surface area contributed by atoms with Gasteiger partial charge in [-0.1, -0.05) is 30.4 Å². The van der Waals surface area contributed by atoms with E-state index < -0.39 is 21.8 Å². The van der Waals surface area contributed by atoms with Crippen LogP contribution in [0.4, 0.5) is 29.8 Å². The van der Waals surface area contributed by atoms with Crippen LogP contribution in [-0.2, 0) is 22.6 Å². The SMILES string of the molecule is CCc1nnc(NS(=O)(=O)c2ccc(Nc3ncnc4[nH]cc(-c5ccc(C(F)(F)F)cc5)c34)cc2)s1. The fraction of sp³-hybridized carbons (Fsp3) is 0.130. The Morgan fingerprint density at radius 2 is 1.73 bits per heavy atom. The minimum atomic E-state index is -4.43. The average molecular weight is 546 g/mol. The van der Waals surface area contributed by atoms with E-state index in [1.165, 1.54) is 30.6 Å². The summed E-state index contributed by atoms with van der Waals surface area (Å²) in [7, 11) is -3.86. The van der Waals surface area contributed by atoms with Gasteiger partial charge in [-0.05, 0) is 48.4 Å². The first-order valence-corrected chi connectivity index (χ1v) is 13.2. The Kier molecular flexibility index (Phi) is 6.29. The van der Waals surface area contributed by atoms with Crippen LogP contribution in [0.15, 0.2) is 66.0 Å². The van der Waals surface area contributed by atoms with Crippen LogP contribution in [-0.4, -0.2) is 33.6 Å². The number of halogens is 3. The monoisotopic (exact) mass is 545 g/mol. The van der Waals surface area contributed by atoms with E-state index in [-0.39, 0.29) is 10.0 Å². The van der Waals surface area contributed by atoms with E-state index in [0.717, 1.165) is 23.5 Å². The van der Waals surface area contributed by atoms with E-state index in [2.05, 4.69) is 35.2 Å². The Labute approximate surface area is 212 Å². The smallest absolute Gasteiger partial charge is 0.345 e. The molecule has 3 heterocycles.